The van der Waals surface area contributed by atoms with E-state index in [-0.39, 0.29) is 0 Å². The summed E-state index contributed by atoms with van der Waals surface area (Å²) in [7, 11) is 0. The van der Waals surface area contributed by atoms with Crippen LogP contribution >= 0.6 is 0 Å². The second kappa shape index (κ2) is 14.6. The molecular formula is C46H44N2. The fourth-order valence-electron chi connectivity index (χ4n) is 6.85. The fourth-order valence-corrected chi connectivity index (χ4v) is 6.85. The number of rotatable bonds is 12. The molecule has 0 saturated heterocycles. The van der Waals surface area contributed by atoms with E-state index in [1.807, 2.05) is 0 Å². The van der Waals surface area contributed by atoms with E-state index in [1.54, 1.807) is 0 Å². The highest BCUT2D eigenvalue weighted by atomic mass is 15.2. The maximum absolute atomic E-state index is 2.39. The minimum Gasteiger partial charge on any atom is -0.310 e. The largest absolute Gasteiger partial charge is 0.310 e. The highest BCUT2D eigenvalue weighted by molar-refractivity contribution is 6.01. The maximum Gasteiger partial charge on any atom is 0.0540 e. The molecule has 0 aromatic heterocycles. The van der Waals surface area contributed by atoms with Gasteiger partial charge in [0.1, 0.15) is 0 Å². The van der Waals surface area contributed by atoms with Crippen molar-refractivity contribution in [3.05, 3.63) is 169 Å². The Balaban J connectivity index is 1.32. The van der Waals surface area contributed by atoms with Crippen LogP contribution in [-0.2, 0) is 12.8 Å². The van der Waals surface area contributed by atoms with Crippen molar-refractivity contribution in [3.63, 3.8) is 0 Å². The van der Waals surface area contributed by atoms with E-state index in [0.29, 0.717) is 0 Å². The lowest BCUT2D eigenvalue weighted by molar-refractivity contribution is 0.796. The number of anilines is 6. The van der Waals surface area contributed by atoms with Crippen LogP contribution in [0.25, 0.3) is 21.5 Å². The summed E-state index contributed by atoms with van der Waals surface area (Å²) < 4.78 is 0. The van der Waals surface area contributed by atoms with Crippen LogP contribution in [0.15, 0.2) is 158 Å². The SMILES string of the molecule is CCCCc1ccc2c(N(c3ccccc3)c3ccc(N(c4ccccc4)c4cccc5cc(CCCC)ccc45)cc3)cccc2c1. The molecular weight excluding hydrogens is 581 g/mol. The lowest BCUT2D eigenvalue weighted by Gasteiger charge is -2.29. The highest BCUT2D eigenvalue weighted by Gasteiger charge is 2.19. The molecule has 0 amide bonds. The molecule has 0 aliphatic heterocycles. The molecule has 0 radical (unpaired) electrons. The van der Waals surface area contributed by atoms with Crippen molar-refractivity contribution in [1.29, 1.82) is 0 Å². The quantitative estimate of drug-likeness (QED) is 0.133. The molecule has 7 rings (SSSR count). The molecule has 0 heterocycles. The predicted octanol–water partition coefficient (Wildman–Crippen LogP) is 13.6. The first-order chi connectivity index (χ1) is 23.7. The topological polar surface area (TPSA) is 6.48 Å². The molecule has 0 aliphatic rings. The summed E-state index contributed by atoms with van der Waals surface area (Å²) in [6.45, 7) is 4.51. The normalized spacial score (nSPS) is 11.2. The number of para-hydroxylation sites is 2. The molecule has 0 unspecified atom stereocenters. The summed E-state index contributed by atoms with van der Waals surface area (Å²) in [6.07, 6.45) is 7.08. The smallest absolute Gasteiger partial charge is 0.0540 e. The molecule has 0 spiro atoms. The summed E-state index contributed by atoms with van der Waals surface area (Å²) in [5.74, 6) is 0. The molecule has 7 aromatic carbocycles. The van der Waals surface area contributed by atoms with E-state index in [4.69, 9.17) is 0 Å². The van der Waals surface area contributed by atoms with Crippen LogP contribution < -0.4 is 9.80 Å². The number of aryl methyl sites for hydroxylation is 2. The summed E-state index contributed by atoms with van der Waals surface area (Å²) in [5, 5.41) is 5.07. The predicted molar refractivity (Wildman–Crippen MR) is 208 cm³/mol. The Labute approximate surface area is 285 Å². The number of nitrogens with zero attached hydrogens (tertiary/aromatic N) is 2. The minimum absolute atomic E-state index is 1.12. The van der Waals surface area contributed by atoms with E-state index in [0.717, 1.165) is 35.6 Å². The minimum atomic E-state index is 1.12. The van der Waals surface area contributed by atoms with E-state index in [1.165, 1.54) is 69.7 Å². The van der Waals surface area contributed by atoms with Gasteiger partial charge < -0.3 is 9.80 Å². The van der Waals surface area contributed by atoms with Gasteiger partial charge in [0.25, 0.3) is 0 Å². The zero-order chi connectivity index (χ0) is 32.7. The molecule has 0 aliphatic carbocycles. The first kappa shape index (κ1) is 31.3. The Morgan fingerprint density at radius 3 is 1.17 bits per heavy atom. The van der Waals surface area contributed by atoms with Crippen LogP contribution in [0, 0.1) is 0 Å². The van der Waals surface area contributed by atoms with Crippen molar-refractivity contribution < 1.29 is 0 Å². The average Bonchev–Trinajstić information content (AvgIpc) is 3.15. The standard InChI is InChI=1S/C46H44N2/c1-3-5-15-35-25-31-43-37(33-35)17-13-23-45(43)47(39-19-9-7-10-20-39)41-27-29-42(30-28-41)48(40-21-11-8-12-22-40)46-24-14-18-38-34-36(16-6-4-2)26-32-44(38)46/h7-14,17-34H,3-6,15-16H2,1-2H3. The van der Waals surface area contributed by atoms with Gasteiger partial charge in [-0.3, -0.25) is 0 Å². The molecule has 0 fully saturated rings. The zero-order valence-corrected chi connectivity index (χ0v) is 28.1. The van der Waals surface area contributed by atoms with Crippen molar-refractivity contribution in [2.24, 2.45) is 0 Å². The van der Waals surface area contributed by atoms with Crippen LogP contribution in [0.2, 0.25) is 0 Å². The summed E-state index contributed by atoms with van der Waals surface area (Å²) in [4.78, 5) is 4.78. The van der Waals surface area contributed by atoms with E-state index in [9.17, 15) is 0 Å². The molecule has 0 saturated carbocycles. The third kappa shape index (κ3) is 6.57. The van der Waals surface area contributed by atoms with Gasteiger partial charge in [0, 0.05) is 33.5 Å². The van der Waals surface area contributed by atoms with Crippen LogP contribution in [0.3, 0.4) is 0 Å². The van der Waals surface area contributed by atoms with Crippen LogP contribution in [0.5, 0.6) is 0 Å². The third-order valence-corrected chi connectivity index (χ3v) is 9.36. The summed E-state index contributed by atoms with van der Waals surface area (Å²) in [5.41, 5.74) is 9.70. The van der Waals surface area contributed by atoms with Crippen molar-refractivity contribution in [3.8, 4) is 0 Å². The van der Waals surface area contributed by atoms with Crippen molar-refractivity contribution >= 4 is 55.7 Å². The Bertz CT molecular complexity index is 1950. The number of benzene rings is 7. The molecule has 0 N–H and O–H groups in total. The molecule has 0 atom stereocenters. The zero-order valence-electron chi connectivity index (χ0n) is 28.1. The van der Waals surface area contributed by atoms with Crippen molar-refractivity contribution in [2.75, 3.05) is 9.80 Å². The van der Waals surface area contributed by atoms with Gasteiger partial charge in [-0.25, -0.2) is 0 Å². The number of hydrogen-bond donors (Lipinski definition) is 0. The second-order valence-electron chi connectivity index (χ2n) is 12.7. The van der Waals surface area contributed by atoms with Gasteiger partial charge in [-0.1, -0.05) is 124 Å². The van der Waals surface area contributed by atoms with Gasteiger partial charge in [0.05, 0.1) is 11.4 Å². The van der Waals surface area contributed by atoms with E-state index < -0.39 is 0 Å². The molecule has 7 aromatic rings. The first-order valence-corrected chi connectivity index (χ1v) is 17.6. The van der Waals surface area contributed by atoms with Gasteiger partial charge in [0.15, 0.2) is 0 Å². The molecule has 2 nitrogen and oxygen atoms in total. The fraction of sp³-hybridized carbons (Fsp3) is 0.174. The van der Waals surface area contributed by atoms with Gasteiger partial charge in [0.2, 0.25) is 0 Å². The van der Waals surface area contributed by atoms with Crippen LogP contribution in [-0.4, -0.2) is 0 Å². The van der Waals surface area contributed by atoms with Gasteiger partial charge >= 0.3 is 0 Å². The average molecular weight is 625 g/mol. The Morgan fingerprint density at radius 2 is 0.771 bits per heavy atom. The maximum atomic E-state index is 2.39. The van der Waals surface area contributed by atoms with Gasteiger partial charge in [-0.15, -0.1) is 0 Å². The van der Waals surface area contributed by atoms with Gasteiger partial charge in [-0.05, 0) is 108 Å². The highest BCUT2D eigenvalue weighted by Crippen LogP contribution is 2.43. The van der Waals surface area contributed by atoms with E-state index in [2.05, 4.69) is 181 Å². The Kier molecular flexibility index (Phi) is 9.52. The molecule has 2 heteroatoms. The summed E-state index contributed by atoms with van der Waals surface area (Å²) >= 11 is 0. The van der Waals surface area contributed by atoms with Crippen LogP contribution in [0.1, 0.15) is 50.7 Å². The lowest BCUT2D eigenvalue weighted by Crippen LogP contribution is -2.12. The third-order valence-electron chi connectivity index (χ3n) is 9.36. The number of hydrogen-bond acceptors (Lipinski definition) is 2. The number of unbranched alkanes of at least 4 members (excludes halogenated alkanes) is 2. The first-order valence-electron chi connectivity index (χ1n) is 17.6. The van der Waals surface area contributed by atoms with Crippen molar-refractivity contribution in [2.45, 2.75) is 52.4 Å². The second-order valence-corrected chi connectivity index (χ2v) is 12.7. The lowest BCUT2D eigenvalue weighted by atomic mass is 10.0. The Morgan fingerprint density at radius 1 is 0.375 bits per heavy atom. The molecule has 48 heavy (non-hydrogen) atoms. The van der Waals surface area contributed by atoms with Gasteiger partial charge in [-0.2, -0.15) is 0 Å². The van der Waals surface area contributed by atoms with Crippen molar-refractivity contribution in [1.82, 2.24) is 0 Å². The van der Waals surface area contributed by atoms with E-state index >= 15 is 0 Å². The van der Waals surface area contributed by atoms with Crippen LogP contribution in [0.4, 0.5) is 34.1 Å². The molecule has 238 valence electrons. The molecule has 0 bridgehead atoms. The Hall–Kier alpha value is -5.34. The summed E-state index contributed by atoms with van der Waals surface area (Å²) in [6, 6.07) is 57.9. The monoisotopic (exact) mass is 624 g/mol. The number of fused-ring (bicyclic) bond motifs is 2.